The van der Waals surface area contributed by atoms with Crippen molar-refractivity contribution >= 4 is 23.4 Å². The summed E-state index contributed by atoms with van der Waals surface area (Å²) in [6, 6.07) is 8.16. The van der Waals surface area contributed by atoms with E-state index in [1.165, 1.54) is 12.1 Å². The first-order chi connectivity index (χ1) is 13.0. The van der Waals surface area contributed by atoms with E-state index in [0.717, 1.165) is 24.3 Å². The third kappa shape index (κ3) is 5.29. The van der Waals surface area contributed by atoms with Gasteiger partial charge in [-0.05, 0) is 51.0 Å². The van der Waals surface area contributed by atoms with Gasteiger partial charge in [0.1, 0.15) is 23.3 Å². The van der Waals surface area contributed by atoms with E-state index in [0.29, 0.717) is 31.3 Å². The fraction of sp³-hybridized carbons (Fsp3) is 0.421. The molecule has 27 heavy (non-hydrogen) atoms. The van der Waals surface area contributed by atoms with Crippen LogP contribution in [0.5, 0.6) is 0 Å². The van der Waals surface area contributed by atoms with Crippen molar-refractivity contribution in [2.24, 2.45) is 0 Å². The number of aryl methyl sites for hydroxylation is 1. The molecule has 1 aliphatic rings. The number of nitrogens with one attached hydrogen (secondary N) is 2. The first-order valence-electron chi connectivity index (χ1n) is 9.10. The number of carbonyl (C=O) groups excluding carboxylic acids is 1. The van der Waals surface area contributed by atoms with Crippen molar-refractivity contribution < 1.29 is 13.9 Å². The molecule has 1 aromatic heterocycles. The smallest absolute Gasteiger partial charge is 0.409 e. The molecule has 0 atom stereocenters. The summed E-state index contributed by atoms with van der Waals surface area (Å²) in [6.45, 7) is 5.33. The molecule has 3 rings (SSSR count). The number of piperidine rings is 1. The van der Waals surface area contributed by atoms with Gasteiger partial charge in [0.25, 0.3) is 0 Å². The maximum atomic E-state index is 13.0. The number of nitrogens with zero attached hydrogens (tertiary/aromatic N) is 3. The Morgan fingerprint density at radius 3 is 2.56 bits per heavy atom. The second kappa shape index (κ2) is 8.66. The molecule has 1 amide bonds. The van der Waals surface area contributed by atoms with Gasteiger partial charge < -0.3 is 20.3 Å². The van der Waals surface area contributed by atoms with Gasteiger partial charge in [0.2, 0.25) is 0 Å². The summed E-state index contributed by atoms with van der Waals surface area (Å²) >= 11 is 0. The number of anilines is 3. The number of carbonyl (C=O) groups is 1. The summed E-state index contributed by atoms with van der Waals surface area (Å²) in [5, 5.41) is 6.58. The van der Waals surface area contributed by atoms with Gasteiger partial charge in [0.15, 0.2) is 0 Å². The normalized spacial score (nSPS) is 14.7. The highest BCUT2D eigenvalue weighted by atomic mass is 19.1. The predicted molar refractivity (Wildman–Crippen MR) is 102 cm³/mol. The summed E-state index contributed by atoms with van der Waals surface area (Å²) in [4.78, 5) is 22.3. The van der Waals surface area contributed by atoms with Crippen molar-refractivity contribution in [2.75, 3.05) is 30.3 Å². The lowest BCUT2D eigenvalue weighted by Crippen LogP contribution is -2.42. The van der Waals surface area contributed by atoms with E-state index in [4.69, 9.17) is 4.74 Å². The number of rotatable bonds is 5. The minimum Gasteiger partial charge on any atom is -0.450 e. The van der Waals surface area contributed by atoms with Crippen molar-refractivity contribution in [2.45, 2.75) is 32.7 Å². The molecule has 0 unspecified atom stereocenters. The van der Waals surface area contributed by atoms with Crippen LogP contribution in [-0.4, -0.2) is 46.7 Å². The van der Waals surface area contributed by atoms with Gasteiger partial charge >= 0.3 is 6.09 Å². The average Bonchev–Trinajstić information content (AvgIpc) is 2.64. The van der Waals surface area contributed by atoms with E-state index in [1.54, 1.807) is 24.0 Å². The fourth-order valence-electron chi connectivity index (χ4n) is 3.02. The number of benzene rings is 1. The maximum absolute atomic E-state index is 13.0. The van der Waals surface area contributed by atoms with Crippen molar-refractivity contribution in [1.29, 1.82) is 0 Å². The zero-order valence-electron chi connectivity index (χ0n) is 15.5. The molecule has 0 bridgehead atoms. The molecular formula is C19H24FN5O2. The Bertz CT molecular complexity index is 776. The number of likely N-dealkylation sites (tertiary alicyclic amines) is 1. The molecule has 0 aliphatic carbocycles. The highest BCUT2D eigenvalue weighted by Crippen LogP contribution is 2.20. The molecule has 1 aromatic carbocycles. The Kier molecular flexibility index (Phi) is 6.05. The molecule has 2 aromatic rings. The van der Waals surface area contributed by atoms with Crippen LogP contribution < -0.4 is 10.6 Å². The third-order valence-electron chi connectivity index (χ3n) is 4.33. The van der Waals surface area contributed by atoms with Crippen LogP contribution >= 0.6 is 0 Å². The minimum atomic E-state index is -0.282. The Morgan fingerprint density at radius 1 is 1.22 bits per heavy atom. The van der Waals surface area contributed by atoms with Gasteiger partial charge in [-0.1, -0.05) is 0 Å². The molecule has 0 saturated carbocycles. The monoisotopic (exact) mass is 373 g/mol. The van der Waals surface area contributed by atoms with Crippen molar-refractivity contribution in [3.8, 4) is 0 Å². The van der Waals surface area contributed by atoms with E-state index in [2.05, 4.69) is 20.6 Å². The highest BCUT2D eigenvalue weighted by Gasteiger charge is 2.23. The molecule has 1 fully saturated rings. The summed E-state index contributed by atoms with van der Waals surface area (Å²) in [7, 11) is 0. The SMILES string of the molecule is CCOC(=O)N1CCC(Nc2cc(Nc3ccc(F)cc3)nc(C)n2)CC1. The quantitative estimate of drug-likeness (QED) is 0.832. The van der Waals surface area contributed by atoms with Gasteiger partial charge in [-0.25, -0.2) is 19.2 Å². The predicted octanol–water partition coefficient (Wildman–Crippen LogP) is 3.70. The third-order valence-corrected chi connectivity index (χ3v) is 4.33. The van der Waals surface area contributed by atoms with Crippen LogP contribution in [0, 0.1) is 12.7 Å². The lowest BCUT2D eigenvalue weighted by Gasteiger charge is -2.31. The molecule has 0 spiro atoms. The van der Waals surface area contributed by atoms with E-state index in [9.17, 15) is 9.18 Å². The standard InChI is InChI=1S/C19H24FN5O2/c1-3-27-19(26)25-10-8-16(9-11-25)24-18-12-17(21-13(2)22-18)23-15-6-4-14(20)5-7-15/h4-7,12,16H,3,8-11H2,1-2H3,(H2,21,22,23,24). The van der Waals surface area contributed by atoms with Crippen LogP contribution in [0.1, 0.15) is 25.6 Å². The Labute approximate surface area is 158 Å². The van der Waals surface area contributed by atoms with Gasteiger partial charge in [-0.2, -0.15) is 0 Å². The first-order valence-corrected chi connectivity index (χ1v) is 9.10. The lowest BCUT2D eigenvalue weighted by molar-refractivity contribution is 0.0983. The van der Waals surface area contributed by atoms with Crippen LogP contribution in [0.3, 0.4) is 0 Å². The number of halogens is 1. The van der Waals surface area contributed by atoms with Crippen molar-refractivity contribution in [3.05, 3.63) is 42.0 Å². The molecule has 1 aliphatic heterocycles. The summed E-state index contributed by atoms with van der Waals surface area (Å²) in [6.07, 6.45) is 1.39. The molecule has 0 radical (unpaired) electrons. The molecule has 8 heteroatoms. The van der Waals surface area contributed by atoms with Gasteiger partial charge in [-0.15, -0.1) is 0 Å². The Hall–Kier alpha value is -2.90. The van der Waals surface area contributed by atoms with E-state index in [-0.39, 0.29) is 18.0 Å². The number of hydrogen-bond donors (Lipinski definition) is 2. The van der Waals surface area contributed by atoms with E-state index in [1.807, 2.05) is 13.0 Å². The van der Waals surface area contributed by atoms with Gasteiger partial charge in [0, 0.05) is 30.9 Å². The van der Waals surface area contributed by atoms with Crippen molar-refractivity contribution in [3.63, 3.8) is 0 Å². The zero-order chi connectivity index (χ0) is 19.2. The molecule has 7 nitrogen and oxygen atoms in total. The fourth-order valence-corrected chi connectivity index (χ4v) is 3.02. The van der Waals surface area contributed by atoms with Crippen LogP contribution in [0.15, 0.2) is 30.3 Å². The first kappa shape index (κ1) is 18.9. The topological polar surface area (TPSA) is 79.4 Å². The summed E-state index contributed by atoms with van der Waals surface area (Å²) in [5.41, 5.74) is 0.753. The zero-order valence-corrected chi connectivity index (χ0v) is 15.5. The summed E-state index contributed by atoms with van der Waals surface area (Å²) in [5.74, 6) is 1.71. The van der Waals surface area contributed by atoms with Crippen molar-refractivity contribution in [1.82, 2.24) is 14.9 Å². The van der Waals surface area contributed by atoms with Crippen LogP contribution in [0.2, 0.25) is 0 Å². The second-order valence-electron chi connectivity index (χ2n) is 6.42. The van der Waals surface area contributed by atoms with E-state index < -0.39 is 0 Å². The maximum Gasteiger partial charge on any atom is 0.409 e. The van der Waals surface area contributed by atoms with Gasteiger partial charge in [-0.3, -0.25) is 0 Å². The lowest BCUT2D eigenvalue weighted by atomic mass is 10.1. The molecule has 1 saturated heterocycles. The second-order valence-corrected chi connectivity index (χ2v) is 6.42. The Balaban J connectivity index is 1.60. The minimum absolute atomic E-state index is 0.226. The molecular weight excluding hydrogens is 349 g/mol. The average molecular weight is 373 g/mol. The largest absolute Gasteiger partial charge is 0.450 e. The van der Waals surface area contributed by atoms with Crippen LogP contribution in [-0.2, 0) is 4.74 Å². The van der Waals surface area contributed by atoms with Gasteiger partial charge in [0.05, 0.1) is 6.61 Å². The Morgan fingerprint density at radius 2 is 1.89 bits per heavy atom. The number of hydrogen-bond acceptors (Lipinski definition) is 6. The molecule has 144 valence electrons. The number of amides is 1. The molecule has 2 N–H and O–H groups in total. The number of aromatic nitrogens is 2. The number of ether oxygens (including phenoxy) is 1. The highest BCUT2D eigenvalue weighted by molar-refractivity contribution is 5.67. The van der Waals surface area contributed by atoms with Crippen LogP contribution in [0.4, 0.5) is 26.5 Å². The molecule has 2 heterocycles. The summed E-state index contributed by atoms with van der Waals surface area (Å²) < 4.78 is 18.1. The van der Waals surface area contributed by atoms with Crippen LogP contribution in [0.25, 0.3) is 0 Å². The van der Waals surface area contributed by atoms with E-state index >= 15 is 0 Å².